The van der Waals surface area contributed by atoms with Gasteiger partial charge in [-0.1, -0.05) is 48.5 Å². The Morgan fingerprint density at radius 1 is 0.852 bits per heavy atom. The number of carbonyl (C=O) groups excluding carboxylic acids is 1. The van der Waals surface area contributed by atoms with Crippen molar-refractivity contribution in [3.8, 4) is 22.3 Å². The lowest BCUT2D eigenvalue weighted by Gasteiger charge is -2.13. The smallest absolute Gasteiger partial charge is 0.337 e. The molecule has 27 heavy (non-hydrogen) atoms. The van der Waals surface area contributed by atoms with Crippen molar-refractivity contribution in [2.45, 2.75) is 0 Å². The molecule has 3 N–H and O–H groups in total. The summed E-state index contributed by atoms with van der Waals surface area (Å²) in [5.41, 5.74) is 14.1. The number of amidine groups is 1. The van der Waals surface area contributed by atoms with E-state index in [9.17, 15) is 4.79 Å². The molecule has 0 bridgehead atoms. The van der Waals surface area contributed by atoms with Gasteiger partial charge < -0.3 is 4.74 Å². The molecule has 0 unspecified atom stereocenters. The number of methoxy groups -OCH3 is 1. The Balaban J connectivity index is 1.81. The van der Waals surface area contributed by atoms with Gasteiger partial charge in [-0.2, -0.15) is 0 Å². The first-order chi connectivity index (χ1) is 13.3. The van der Waals surface area contributed by atoms with Gasteiger partial charge in [-0.3, -0.25) is 5.43 Å². The fourth-order valence-corrected chi connectivity index (χ4v) is 3.03. The van der Waals surface area contributed by atoms with Gasteiger partial charge in [0.05, 0.1) is 12.7 Å². The molecule has 0 saturated carbocycles. The molecule has 0 aromatic heterocycles. The second-order valence-electron chi connectivity index (χ2n) is 6.02. The Hall–Kier alpha value is -3.64. The molecule has 0 atom stereocenters. The lowest BCUT2D eigenvalue weighted by molar-refractivity contribution is 0.0601. The van der Waals surface area contributed by atoms with Crippen molar-refractivity contribution in [2.24, 2.45) is 5.10 Å². The van der Waals surface area contributed by atoms with E-state index in [1.807, 2.05) is 36.4 Å². The van der Waals surface area contributed by atoms with Gasteiger partial charge in [0.25, 0.3) is 0 Å². The van der Waals surface area contributed by atoms with Gasteiger partial charge in [0.1, 0.15) is 0 Å². The van der Waals surface area contributed by atoms with Crippen LogP contribution in [-0.4, -0.2) is 18.9 Å². The zero-order chi connectivity index (χ0) is 18.6. The maximum atomic E-state index is 11.7. The van der Waals surface area contributed by atoms with Gasteiger partial charge in [-0.15, -0.1) is 10.6 Å². The van der Waals surface area contributed by atoms with Gasteiger partial charge in [-0.25, -0.2) is 10.3 Å². The van der Waals surface area contributed by atoms with Crippen LogP contribution < -0.4 is 16.5 Å². The van der Waals surface area contributed by atoms with E-state index in [0.29, 0.717) is 11.4 Å². The van der Waals surface area contributed by atoms with Crippen molar-refractivity contribution >= 4 is 11.8 Å². The summed E-state index contributed by atoms with van der Waals surface area (Å²) in [7, 11) is 1.38. The summed E-state index contributed by atoms with van der Waals surface area (Å²) in [5.74, 6) is 0.344. The lowest BCUT2D eigenvalue weighted by atomic mass is 9.93. The van der Waals surface area contributed by atoms with Crippen molar-refractivity contribution in [1.29, 1.82) is 0 Å². The Morgan fingerprint density at radius 2 is 1.59 bits per heavy atom. The quantitative estimate of drug-likeness (QED) is 0.625. The van der Waals surface area contributed by atoms with Gasteiger partial charge in [0, 0.05) is 5.56 Å². The third kappa shape index (κ3) is 3.38. The van der Waals surface area contributed by atoms with E-state index in [4.69, 9.17) is 4.74 Å². The van der Waals surface area contributed by atoms with Crippen LogP contribution in [0.25, 0.3) is 22.3 Å². The zero-order valence-electron chi connectivity index (χ0n) is 14.7. The van der Waals surface area contributed by atoms with E-state index >= 15 is 0 Å². The average molecular weight is 358 g/mol. The maximum absolute atomic E-state index is 11.7. The highest BCUT2D eigenvalue weighted by Crippen LogP contribution is 2.30. The Bertz CT molecular complexity index is 998. The first-order valence-corrected chi connectivity index (χ1v) is 8.48. The van der Waals surface area contributed by atoms with Crippen LogP contribution in [0.5, 0.6) is 0 Å². The fraction of sp³-hybridized carbons (Fsp3) is 0.0476. The molecule has 6 heteroatoms. The van der Waals surface area contributed by atoms with Crippen molar-refractivity contribution in [1.82, 2.24) is 16.5 Å². The molecule has 0 fully saturated rings. The number of hydrogen-bond donors (Lipinski definition) is 3. The van der Waals surface area contributed by atoms with Crippen LogP contribution in [-0.2, 0) is 4.74 Å². The highest BCUT2D eigenvalue weighted by molar-refractivity contribution is 6.05. The van der Waals surface area contributed by atoms with E-state index in [1.165, 1.54) is 7.11 Å². The number of nitrogens with zero attached hydrogens (tertiary/aromatic N) is 1. The zero-order valence-corrected chi connectivity index (χ0v) is 14.7. The topological polar surface area (TPSA) is 74.8 Å². The van der Waals surface area contributed by atoms with E-state index in [1.54, 1.807) is 12.1 Å². The Morgan fingerprint density at radius 3 is 2.26 bits per heavy atom. The first-order valence-electron chi connectivity index (χ1n) is 8.48. The molecule has 3 aromatic carbocycles. The second-order valence-corrected chi connectivity index (χ2v) is 6.02. The lowest BCUT2D eigenvalue weighted by Crippen LogP contribution is -2.35. The van der Waals surface area contributed by atoms with Crippen LogP contribution in [0.15, 0.2) is 77.9 Å². The molecule has 0 spiro atoms. The summed E-state index contributed by atoms with van der Waals surface area (Å²) in [6.07, 6.45) is 0. The second kappa shape index (κ2) is 7.31. The number of hydrazine groups is 2. The third-order valence-corrected chi connectivity index (χ3v) is 4.40. The fourth-order valence-electron chi connectivity index (χ4n) is 3.03. The van der Waals surface area contributed by atoms with E-state index in [2.05, 4.69) is 45.9 Å². The largest absolute Gasteiger partial charge is 0.465 e. The summed E-state index contributed by atoms with van der Waals surface area (Å²) >= 11 is 0. The SMILES string of the molecule is COC(=O)c1ccc(-c2cc(-c3ccccc3)ccc2C2=NNNN2)cc1. The van der Waals surface area contributed by atoms with Gasteiger partial charge >= 0.3 is 5.97 Å². The molecule has 0 saturated heterocycles. The molecular formula is C21H18N4O2. The third-order valence-electron chi connectivity index (χ3n) is 4.40. The predicted octanol–water partition coefficient (Wildman–Crippen LogP) is 3.08. The summed E-state index contributed by atoms with van der Waals surface area (Å²) in [6.45, 7) is 0. The highest BCUT2D eigenvalue weighted by Gasteiger charge is 2.16. The Kier molecular flexibility index (Phi) is 4.55. The molecule has 0 amide bonds. The normalized spacial score (nSPS) is 12.7. The number of hydrogen-bond acceptors (Lipinski definition) is 6. The first kappa shape index (κ1) is 16.8. The van der Waals surface area contributed by atoms with E-state index in [0.717, 1.165) is 27.8 Å². The van der Waals surface area contributed by atoms with Crippen LogP contribution in [0.1, 0.15) is 15.9 Å². The minimum atomic E-state index is -0.352. The van der Waals surface area contributed by atoms with Crippen LogP contribution >= 0.6 is 0 Å². The van der Waals surface area contributed by atoms with Crippen molar-refractivity contribution in [3.63, 3.8) is 0 Å². The molecule has 134 valence electrons. The number of nitrogens with one attached hydrogen (secondary N) is 3. The van der Waals surface area contributed by atoms with Gasteiger partial charge in [-0.05, 0) is 46.5 Å². The summed E-state index contributed by atoms with van der Waals surface area (Å²) < 4.78 is 4.78. The van der Waals surface area contributed by atoms with Gasteiger partial charge in [0.2, 0.25) is 0 Å². The standard InChI is InChI=1S/C21H18N4O2/c1-27-21(26)16-9-7-15(8-10-16)19-13-17(14-5-3-2-4-6-14)11-12-18(19)20-22-24-25-23-20/h2-13,24-25H,1H3,(H,22,23). The number of carbonyl (C=O) groups is 1. The molecule has 0 radical (unpaired) electrons. The van der Waals surface area contributed by atoms with Gasteiger partial charge in [0.15, 0.2) is 5.84 Å². The molecule has 1 aliphatic heterocycles. The van der Waals surface area contributed by atoms with Crippen molar-refractivity contribution in [3.05, 3.63) is 83.9 Å². The summed E-state index contributed by atoms with van der Waals surface area (Å²) in [6, 6.07) is 23.8. The highest BCUT2D eigenvalue weighted by atomic mass is 16.5. The molecule has 1 aliphatic rings. The molecule has 6 nitrogen and oxygen atoms in total. The van der Waals surface area contributed by atoms with Crippen LogP contribution in [0.4, 0.5) is 0 Å². The predicted molar refractivity (Wildman–Crippen MR) is 105 cm³/mol. The minimum absolute atomic E-state index is 0.352. The molecule has 0 aliphatic carbocycles. The van der Waals surface area contributed by atoms with E-state index in [-0.39, 0.29) is 5.97 Å². The molecule has 1 heterocycles. The molecular weight excluding hydrogens is 340 g/mol. The Labute approximate surface area is 156 Å². The molecule has 3 aromatic rings. The molecule has 4 rings (SSSR count). The van der Waals surface area contributed by atoms with Crippen molar-refractivity contribution in [2.75, 3.05) is 7.11 Å². The average Bonchev–Trinajstić information content (AvgIpc) is 3.28. The monoisotopic (exact) mass is 358 g/mol. The number of hydrazone groups is 1. The number of esters is 1. The van der Waals surface area contributed by atoms with Crippen LogP contribution in [0, 0.1) is 0 Å². The maximum Gasteiger partial charge on any atom is 0.337 e. The van der Waals surface area contributed by atoms with E-state index < -0.39 is 0 Å². The van der Waals surface area contributed by atoms with Crippen molar-refractivity contribution < 1.29 is 9.53 Å². The summed E-state index contributed by atoms with van der Waals surface area (Å²) in [4.78, 5) is 11.7. The van der Waals surface area contributed by atoms with Crippen LogP contribution in [0.3, 0.4) is 0 Å². The number of ether oxygens (including phenoxy) is 1. The number of benzene rings is 3. The minimum Gasteiger partial charge on any atom is -0.465 e. The summed E-state index contributed by atoms with van der Waals surface area (Å²) in [5, 5.41) is 4.22. The number of rotatable bonds is 4. The van der Waals surface area contributed by atoms with Crippen LogP contribution in [0.2, 0.25) is 0 Å².